The zero-order valence-electron chi connectivity index (χ0n) is 9.75. The lowest BCUT2D eigenvalue weighted by molar-refractivity contribution is 0.246. The first-order valence-electron chi connectivity index (χ1n) is 5.32. The third kappa shape index (κ3) is 4.38. The Kier molecular flexibility index (Phi) is 5.05. The summed E-state index contributed by atoms with van der Waals surface area (Å²) in [6.45, 7) is 6.16. The minimum absolute atomic E-state index is 0.151. The predicted molar refractivity (Wildman–Crippen MR) is 75.6 cm³/mol. The number of hydrogen-bond donors (Lipinski definition) is 2. The van der Waals surface area contributed by atoms with Crippen molar-refractivity contribution < 1.29 is 4.79 Å². The molecule has 2 amide bonds. The molecular weight excluding hydrogens is 315 g/mol. The molecule has 0 aliphatic carbocycles. The average molecular weight is 332 g/mol. The Balaban J connectivity index is 2.48. The minimum Gasteiger partial charge on any atom is -0.335 e. The van der Waals surface area contributed by atoms with E-state index in [1.54, 1.807) is 0 Å². The number of hydrogen-bond acceptors (Lipinski definition) is 1. The molecule has 16 heavy (non-hydrogen) atoms. The number of halogens is 1. The van der Waals surface area contributed by atoms with Crippen molar-refractivity contribution in [3.63, 3.8) is 0 Å². The highest BCUT2D eigenvalue weighted by atomic mass is 127. The summed E-state index contributed by atoms with van der Waals surface area (Å²) < 4.78 is 1.15. The standard InChI is InChI=1S/C12H17IN2O/c1-8(2)9(3)14-12(16)15-11-6-4-10(13)5-7-11/h4-9H,1-3H3,(H2,14,15,16)/t9-/m1/s1. The van der Waals surface area contributed by atoms with E-state index in [0.29, 0.717) is 5.92 Å². The Bertz CT molecular complexity index is 349. The van der Waals surface area contributed by atoms with E-state index < -0.39 is 0 Å². The number of urea groups is 1. The molecule has 88 valence electrons. The number of rotatable bonds is 3. The molecule has 1 aromatic rings. The molecule has 0 saturated heterocycles. The van der Waals surface area contributed by atoms with Crippen molar-refractivity contribution in [1.29, 1.82) is 0 Å². The fourth-order valence-electron chi connectivity index (χ4n) is 1.07. The van der Waals surface area contributed by atoms with Crippen LogP contribution in [0.25, 0.3) is 0 Å². The Labute approximate surface area is 110 Å². The van der Waals surface area contributed by atoms with Crippen LogP contribution in [0.15, 0.2) is 24.3 Å². The van der Waals surface area contributed by atoms with Gasteiger partial charge in [0.05, 0.1) is 0 Å². The van der Waals surface area contributed by atoms with Crippen LogP contribution in [0.5, 0.6) is 0 Å². The molecule has 3 nitrogen and oxygen atoms in total. The van der Waals surface area contributed by atoms with Crippen molar-refractivity contribution in [1.82, 2.24) is 5.32 Å². The largest absolute Gasteiger partial charge is 0.335 e. The van der Waals surface area contributed by atoms with E-state index in [1.807, 2.05) is 31.2 Å². The maximum Gasteiger partial charge on any atom is 0.319 e. The van der Waals surface area contributed by atoms with Gasteiger partial charge in [0.25, 0.3) is 0 Å². The van der Waals surface area contributed by atoms with Crippen LogP contribution in [-0.4, -0.2) is 12.1 Å². The van der Waals surface area contributed by atoms with Crippen LogP contribution in [0.3, 0.4) is 0 Å². The molecule has 0 aliphatic rings. The highest BCUT2D eigenvalue weighted by molar-refractivity contribution is 14.1. The first-order chi connectivity index (χ1) is 7.49. The molecule has 1 rings (SSSR count). The van der Waals surface area contributed by atoms with Crippen molar-refractivity contribution >= 4 is 34.3 Å². The van der Waals surface area contributed by atoms with E-state index in [0.717, 1.165) is 9.26 Å². The van der Waals surface area contributed by atoms with Gasteiger partial charge in [-0.3, -0.25) is 0 Å². The van der Waals surface area contributed by atoms with Crippen molar-refractivity contribution in [2.45, 2.75) is 26.8 Å². The van der Waals surface area contributed by atoms with Crippen LogP contribution in [0, 0.1) is 9.49 Å². The first kappa shape index (κ1) is 13.3. The van der Waals surface area contributed by atoms with Gasteiger partial charge in [-0.15, -0.1) is 0 Å². The van der Waals surface area contributed by atoms with E-state index in [1.165, 1.54) is 0 Å². The Hall–Kier alpha value is -0.780. The monoisotopic (exact) mass is 332 g/mol. The number of amides is 2. The van der Waals surface area contributed by atoms with Gasteiger partial charge in [0, 0.05) is 15.3 Å². The molecule has 0 radical (unpaired) electrons. The normalized spacial score (nSPS) is 12.3. The zero-order chi connectivity index (χ0) is 12.1. The second-order valence-corrected chi connectivity index (χ2v) is 5.38. The predicted octanol–water partition coefficient (Wildman–Crippen LogP) is 3.46. The molecule has 0 heterocycles. The lowest BCUT2D eigenvalue weighted by Gasteiger charge is -2.17. The van der Waals surface area contributed by atoms with Gasteiger partial charge in [-0.2, -0.15) is 0 Å². The summed E-state index contributed by atoms with van der Waals surface area (Å²) in [5.41, 5.74) is 0.814. The third-order valence-corrected chi connectivity index (χ3v) is 3.18. The smallest absolute Gasteiger partial charge is 0.319 e. The maximum atomic E-state index is 11.6. The molecule has 0 spiro atoms. The van der Waals surface area contributed by atoms with E-state index in [4.69, 9.17) is 0 Å². The molecule has 0 fully saturated rings. The van der Waals surface area contributed by atoms with Crippen LogP contribution in [0.4, 0.5) is 10.5 Å². The van der Waals surface area contributed by atoms with Gasteiger partial charge < -0.3 is 10.6 Å². The molecule has 0 unspecified atom stereocenters. The molecule has 1 atom stereocenters. The number of nitrogens with one attached hydrogen (secondary N) is 2. The van der Waals surface area contributed by atoms with Crippen LogP contribution >= 0.6 is 22.6 Å². The van der Waals surface area contributed by atoms with Gasteiger partial charge in [-0.05, 0) is 59.7 Å². The average Bonchev–Trinajstić information content (AvgIpc) is 2.21. The molecular formula is C12H17IN2O. The molecule has 0 aliphatic heterocycles. The Morgan fingerprint density at radius 1 is 1.19 bits per heavy atom. The summed E-state index contributed by atoms with van der Waals surface area (Å²) in [6, 6.07) is 7.72. The third-order valence-electron chi connectivity index (χ3n) is 2.46. The molecule has 4 heteroatoms. The number of carbonyl (C=O) groups is 1. The van der Waals surface area contributed by atoms with Gasteiger partial charge in [0.2, 0.25) is 0 Å². The molecule has 2 N–H and O–H groups in total. The van der Waals surface area contributed by atoms with E-state index in [-0.39, 0.29) is 12.1 Å². The van der Waals surface area contributed by atoms with Crippen LogP contribution in [-0.2, 0) is 0 Å². The maximum absolute atomic E-state index is 11.6. The van der Waals surface area contributed by atoms with E-state index in [2.05, 4.69) is 47.1 Å². The second kappa shape index (κ2) is 6.08. The molecule has 0 saturated carbocycles. The van der Waals surface area contributed by atoms with Crippen LogP contribution < -0.4 is 10.6 Å². The highest BCUT2D eigenvalue weighted by Crippen LogP contribution is 2.11. The Morgan fingerprint density at radius 2 is 1.75 bits per heavy atom. The fourth-order valence-corrected chi connectivity index (χ4v) is 1.43. The summed E-state index contributed by atoms with van der Waals surface area (Å²) in [6.07, 6.45) is 0. The minimum atomic E-state index is -0.151. The summed E-state index contributed by atoms with van der Waals surface area (Å²) in [5, 5.41) is 5.69. The van der Waals surface area contributed by atoms with Crippen molar-refractivity contribution in [3.8, 4) is 0 Å². The number of benzene rings is 1. The van der Waals surface area contributed by atoms with Crippen molar-refractivity contribution in [2.75, 3.05) is 5.32 Å². The quantitative estimate of drug-likeness (QED) is 0.818. The van der Waals surface area contributed by atoms with Crippen molar-refractivity contribution in [3.05, 3.63) is 27.8 Å². The molecule has 0 aromatic heterocycles. The second-order valence-electron chi connectivity index (χ2n) is 4.14. The summed E-state index contributed by atoms with van der Waals surface area (Å²) in [4.78, 5) is 11.6. The lowest BCUT2D eigenvalue weighted by Crippen LogP contribution is -2.38. The zero-order valence-corrected chi connectivity index (χ0v) is 11.9. The van der Waals surface area contributed by atoms with Gasteiger partial charge >= 0.3 is 6.03 Å². The Morgan fingerprint density at radius 3 is 2.25 bits per heavy atom. The molecule has 0 bridgehead atoms. The van der Waals surface area contributed by atoms with E-state index >= 15 is 0 Å². The molecule has 1 aromatic carbocycles. The number of anilines is 1. The first-order valence-corrected chi connectivity index (χ1v) is 6.40. The summed E-state index contributed by atoms with van der Waals surface area (Å²) in [7, 11) is 0. The SMILES string of the molecule is CC(C)[C@@H](C)NC(=O)Nc1ccc(I)cc1. The topological polar surface area (TPSA) is 41.1 Å². The van der Waals surface area contributed by atoms with Crippen molar-refractivity contribution in [2.24, 2.45) is 5.92 Å². The lowest BCUT2D eigenvalue weighted by atomic mass is 10.1. The fraction of sp³-hybridized carbons (Fsp3) is 0.417. The summed E-state index contributed by atoms with van der Waals surface area (Å²) in [5.74, 6) is 0.433. The summed E-state index contributed by atoms with van der Waals surface area (Å²) >= 11 is 2.23. The van der Waals surface area contributed by atoms with Crippen LogP contribution in [0.2, 0.25) is 0 Å². The highest BCUT2D eigenvalue weighted by Gasteiger charge is 2.10. The number of carbonyl (C=O) groups excluding carboxylic acids is 1. The van der Waals surface area contributed by atoms with Gasteiger partial charge in [-0.1, -0.05) is 13.8 Å². The van der Waals surface area contributed by atoms with Gasteiger partial charge in [0.1, 0.15) is 0 Å². The van der Waals surface area contributed by atoms with E-state index in [9.17, 15) is 4.79 Å². The van der Waals surface area contributed by atoms with Gasteiger partial charge in [0.15, 0.2) is 0 Å². The van der Waals surface area contributed by atoms with Crippen LogP contribution in [0.1, 0.15) is 20.8 Å². The van der Waals surface area contributed by atoms with Gasteiger partial charge in [-0.25, -0.2) is 4.79 Å².